The predicted octanol–water partition coefficient (Wildman–Crippen LogP) is 0.949. The van der Waals surface area contributed by atoms with Crippen molar-refractivity contribution in [2.24, 2.45) is 0 Å². The van der Waals surface area contributed by atoms with E-state index in [9.17, 15) is 0 Å². The summed E-state index contributed by atoms with van der Waals surface area (Å²) in [5.74, 6) is 0. The molecule has 4 heteroatoms. The Morgan fingerprint density at radius 3 is 3.07 bits per heavy atom. The fraction of sp³-hybridized carbons (Fsp3) is 0.727. The van der Waals surface area contributed by atoms with Gasteiger partial charge in [0.15, 0.2) is 0 Å². The summed E-state index contributed by atoms with van der Waals surface area (Å²) in [6, 6.07) is 0.303. The summed E-state index contributed by atoms with van der Waals surface area (Å²) in [5, 5.41) is 11.1. The molecule has 1 atom stereocenters. The first-order chi connectivity index (χ1) is 7.45. The molecule has 15 heavy (non-hydrogen) atoms. The zero-order chi connectivity index (χ0) is 10.1. The van der Waals surface area contributed by atoms with E-state index in [0.29, 0.717) is 6.04 Å². The molecule has 82 valence electrons. The highest BCUT2D eigenvalue weighted by Gasteiger charge is 2.24. The Hall–Kier alpha value is -0.870. The molecule has 2 N–H and O–H groups in total. The highest BCUT2D eigenvalue weighted by molar-refractivity contribution is 5.30. The smallest absolute Gasteiger partial charge is 0.0849 e. The summed E-state index contributed by atoms with van der Waals surface area (Å²) in [6.45, 7) is 2.52. The van der Waals surface area contributed by atoms with E-state index in [1.165, 1.54) is 36.2 Å². The SMILES string of the molecule is C1CCc2c(C3COCCN3)n[nH]c2C1. The number of aromatic amines is 1. The van der Waals surface area contributed by atoms with E-state index in [2.05, 4.69) is 15.5 Å². The van der Waals surface area contributed by atoms with E-state index in [1.54, 1.807) is 0 Å². The van der Waals surface area contributed by atoms with Crippen LogP contribution in [0.15, 0.2) is 0 Å². The van der Waals surface area contributed by atoms with Gasteiger partial charge in [-0.1, -0.05) is 0 Å². The molecule has 1 aromatic heterocycles. The number of hydrogen-bond acceptors (Lipinski definition) is 3. The number of rotatable bonds is 1. The first-order valence-electron chi connectivity index (χ1n) is 5.82. The lowest BCUT2D eigenvalue weighted by atomic mass is 9.94. The van der Waals surface area contributed by atoms with E-state index >= 15 is 0 Å². The molecule has 1 aromatic rings. The Balaban J connectivity index is 1.87. The average Bonchev–Trinajstić information content (AvgIpc) is 2.74. The Labute approximate surface area is 89.4 Å². The molecule has 0 spiro atoms. The molecule has 0 aromatic carbocycles. The molecule has 4 nitrogen and oxygen atoms in total. The van der Waals surface area contributed by atoms with Gasteiger partial charge in [0.25, 0.3) is 0 Å². The molecule has 2 aliphatic rings. The van der Waals surface area contributed by atoms with Crippen LogP contribution in [0.5, 0.6) is 0 Å². The van der Waals surface area contributed by atoms with Crippen molar-refractivity contribution in [3.05, 3.63) is 17.0 Å². The van der Waals surface area contributed by atoms with Crippen molar-refractivity contribution in [1.29, 1.82) is 0 Å². The van der Waals surface area contributed by atoms with Crippen LogP contribution in [0.2, 0.25) is 0 Å². The van der Waals surface area contributed by atoms with Crippen molar-refractivity contribution < 1.29 is 4.74 Å². The van der Waals surface area contributed by atoms with Crippen LogP contribution in [0.25, 0.3) is 0 Å². The fourth-order valence-corrected chi connectivity index (χ4v) is 2.54. The normalized spacial score (nSPS) is 26.3. The van der Waals surface area contributed by atoms with Crippen molar-refractivity contribution in [3.63, 3.8) is 0 Å². The van der Waals surface area contributed by atoms with Crippen molar-refractivity contribution in [1.82, 2.24) is 15.5 Å². The van der Waals surface area contributed by atoms with Crippen LogP contribution in [0.1, 0.15) is 35.8 Å². The van der Waals surface area contributed by atoms with Crippen molar-refractivity contribution in [3.8, 4) is 0 Å². The van der Waals surface area contributed by atoms with Gasteiger partial charge in [0, 0.05) is 12.2 Å². The highest BCUT2D eigenvalue weighted by Crippen LogP contribution is 2.26. The summed E-state index contributed by atoms with van der Waals surface area (Å²) in [5.41, 5.74) is 4.00. The molecule has 1 aliphatic carbocycles. The predicted molar refractivity (Wildman–Crippen MR) is 56.8 cm³/mol. The van der Waals surface area contributed by atoms with E-state index in [1.807, 2.05) is 0 Å². The van der Waals surface area contributed by atoms with Gasteiger partial charge >= 0.3 is 0 Å². The topological polar surface area (TPSA) is 49.9 Å². The number of ether oxygens (including phenoxy) is 1. The number of nitrogens with one attached hydrogen (secondary N) is 2. The third-order valence-corrected chi connectivity index (χ3v) is 3.34. The summed E-state index contributed by atoms with van der Waals surface area (Å²) in [4.78, 5) is 0. The second kappa shape index (κ2) is 3.94. The minimum atomic E-state index is 0.303. The van der Waals surface area contributed by atoms with Crippen LogP contribution >= 0.6 is 0 Å². The molecule has 0 radical (unpaired) electrons. The lowest BCUT2D eigenvalue weighted by molar-refractivity contribution is 0.0753. The Kier molecular flexibility index (Phi) is 2.46. The van der Waals surface area contributed by atoms with Gasteiger partial charge < -0.3 is 10.1 Å². The van der Waals surface area contributed by atoms with Crippen LogP contribution in [-0.4, -0.2) is 30.0 Å². The Morgan fingerprint density at radius 1 is 1.27 bits per heavy atom. The van der Waals surface area contributed by atoms with Gasteiger partial charge in [-0.15, -0.1) is 0 Å². The largest absolute Gasteiger partial charge is 0.378 e. The lowest BCUT2D eigenvalue weighted by Gasteiger charge is -2.24. The minimum absolute atomic E-state index is 0.303. The number of fused-ring (bicyclic) bond motifs is 1. The summed E-state index contributed by atoms with van der Waals surface area (Å²) in [7, 11) is 0. The van der Waals surface area contributed by atoms with Crippen LogP contribution in [-0.2, 0) is 17.6 Å². The Bertz CT molecular complexity index is 342. The van der Waals surface area contributed by atoms with E-state index in [0.717, 1.165) is 26.2 Å². The number of aromatic nitrogens is 2. The lowest BCUT2D eigenvalue weighted by Crippen LogP contribution is -2.35. The fourth-order valence-electron chi connectivity index (χ4n) is 2.54. The molecule has 1 unspecified atom stereocenters. The summed E-state index contributed by atoms with van der Waals surface area (Å²) in [6.07, 6.45) is 4.94. The van der Waals surface area contributed by atoms with Gasteiger partial charge in [0.05, 0.1) is 24.9 Å². The standard InChI is InChI=1S/C11H17N3O/c1-2-4-9-8(3-1)11(14-13-9)10-7-15-6-5-12-10/h10,12H,1-7H2,(H,13,14). The third kappa shape index (κ3) is 1.68. The monoisotopic (exact) mass is 207 g/mol. The van der Waals surface area contributed by atoms with Gasteiger partial charge in [-0.2, -0.15) is 5.10 Å². The van der Waals surface area contributed by atoms with Crippen LogP contribution in [0.4, 0.5) is 0 Å². The maximum Gasteiger partial charge on any atom is 0.0849 e. The zero-order valence-corrected chi connectivity index (χ0v) is 8.88. The van der Waals surface area contributed by atoms with E-state index in [-0.39, 0.29) is 0 Å². The molecule has 0 bridgehead atoms. The first-order valence-corrected chi connectivity index (χ1v) is 5.82. The molecular formula is C11H17N3O. The number of H-pyrrole nitrogens is 1. The van der Waals surface area contributed by atoms with Crippen molar-refractivity contribution in [2.45, 2.75) is 31.7 Å². The molecule has 1 aliphatic heterocycles. The maximum absolute atomic E-state index is 5.48. The Morgan fingerprint density at radius 2 is 2.20 bits per heavy atom. The quantitative estimate of drug-likeness (QED) is 0.721. The molecule has 0 saturated carbocycles. The minimum Gasteiger partial charge on any atom is -0.378 e. The van der Waals surface area contributed by atoms with E-state index in [4.69, 9.17) is 4.74 Å². The third-order valence-electron chi connectivity index (χ3n) is 3.34. The van der Waals surface area contributed by atoms with Gasteiger partial charge in [-0.05, 0) is 31.2 Å². The molecule has 1 fully saturated rings. The van der Waals surface area contributed by atoms with Gasteiger partial charge in [0.1, 0.15) is 0 Å². The highest BCUT2D eigenvalue weighted by atomic mass is 16.5. The van der Waals surface area contributed by atoms with E-state index < -0.39 is 0 Å². The van der Waals surface area contributed by atoms with Crippen molar-refractivity contribution in [2.75, 3.05) is 19.8 Å². The zero-order valence-electron chi connectivity index (χ0n) is 8.88. The van der Waals surface area contributed by atoms with Gasteiger partial charge in [-0.25, -0.2) is 0 Å². The van der Waals surface area contributed by atoms with Crippen LogP contribution < -0.4 is 5.32 Å². The maximum atomic E-state index is 5.48. The molecule has 1 saturated heterocycles. The number of hydrogen-bond donors (Lipinski definition) is 2. The number of morpholine rings is 1. The van der Waals surface area contributed by atoms with Crippen molar-refractivity contribution >= 4 is 0 Å². The molecule has 3 rings (SSSR count). The summed E-state index contributed by atoms with van der Waals surface area (Å²) >= 11 is 0. The molecule has 2 heterocycles. The van der Waals surface area contributed by atoms with Crippen LogP contribution in [0, 0.1) is 0 Å². The summed E-state index contributed by atoms with van der Waals surface area (Å²) < 4.78 is 5.48. The number of aryl methyl sites for hydroxylation is 1. The second-order valence-electron chi connectivity index (χ2n) is 4.35. The van der Waals surface area contributed by atoms with Crippen LogP contribution in [0.3, 0.4) is 0 Å². The molecular weight excluding hydrogens is 190 g/mol. The van der Waals surface area contributed by atoms with Gasteiger partial charge in [0.2, 0.25) is 0 Å². The van der Waals surface area contributed by atoms with Gasteiger partial charge in [-0.3, -0.25) is 5.10 Å². The average molecular weight is 207 g/mol. The first kappa shape index (κ1) is 9.36. The number of nitrogens with zero attached hydrogens (tertiary/aromatic N) is 1. The second-order valence-corrected chi connectivity index (χ2v) is 4.35. The molecule has 0 amide bonds.